The van der Waals surface area contributed by atoms with Crippen LogP contribution in [0.5, 0.6) is 5.75 Å². The predicted molar refractivity (Wildman–Crippen MR) is 96.5 cm³/mol. The van der Waals surface area contributed by atoms with Gasteiger partial charge in [0.05, 0.1) is 12.2 Å². The Bertz CT molecular complexity index is 866. The van der Waals surface area contributed by atoms with Crippen molar-refractivity contribution in [1.29, 1.82) is 0 Å². The van der Waals surface area contributed by atoms with Gasteiger partial charge in [-0.2, -0.15) is 0 Å². The number of carbonyl (C=O) groups is 2. The van der Waals surface area contributed by atoms with Crippen LogP contribution >= 0.6 is 0 Å². The fraction of sp³-hybridized carbons (Fsp3) is 0.364. The molecule has 3 nitrogen and oxygen atoms in total. The van der Waals surface area contributed by atoms with Crippen molar-refractivity contribution >= 4 is 11.6 Å². The minimum Gasteiger partial charge on any atom is -0.492 e. The van der Waals surface area contributed by atoms with Gasteiger partial charge < -0.3 is 4.74 Å². The van der Waals surface area contributed by atoms with Gasteiger partial charge in [-0.3, -0.25) is 9.59 Å². The van der Waals surface area contributed by atoms with E-state index < -0.39 is 0 Å². The molecule has 0 unspecified atom stereocenters. The number of fused-ring (bicyclic) bond motifs is 1. The van der Waals surface area contributed by atoms with Crippen LogP contribution in [0, 0.1) is 11.7 Å². The second-order valence-corrected chi connectivity index (χ2v) is 7.20. The maximum Gasteiger partial charge on any atom is 0.166 e. The highest BCUT2D eigenvalue weighted by atomic mass is 19.1. The number of hydrogen-bond acceptors (Lipinski definition) is 3. The molecule has 2 aromatic carbocycles. The van der Waals surface area contributed by atoms with Crippen molar-refractivity contribution in [3.8, 4) is 5.75 Å². The predicted octanol–water partition coefficient (Wildman–Crippen LogP) is 4.93. The Balaban J connectivity index is 1.77. The molecule has 1 fully saturated rings. The van der Waals surface area contributed by atoms with Gasteiger partial charge >= 0.3 is 0 Å². The van der Waals surface area contributed by atoms with Crippen molar-refractivity contribution in [2.75, 3.05) is 6.61 Å². The van der Waals surface area contributed by atoms with Gasteiger partial charge in [0.15, 0.2) is 11.6 Å². The highest BCUT2D eigenvalue weighted by Gasteiger charge is 2.32. The third-order valence-corrected chi connectivity index (χ3v) is 5.27. The largest absolute Gasteiger partial charge is 0.492 e. The summed E-state index contributed by atoms with van der Waals surface area (Å²) in [6.45, 7) is 2.20. The smallest absolute Gasteiger partial charge is 0.166 e. The molecule has 4 heteroatoms. The summed E-state index contributed by atoms with van der Waals surface area (Å²) in [4.78, 5) is 25.1. The van der Waals surface area contributed by atoms with Crippen LogP contribution in [0.1, 0.15) is 70.4 Å². The van der Waals surface area contributed by atoms with Crippen molar-refractivity contribution in [3.63, 3.8) is 0 Å². The molecule has 0 saturated heterocycles. The van der Waals surface area contributed by atoms with Crippen molar-refractivity contribution < 1.29 is 18.7 Å². The molecule has 1 aliphatic carbocycles. The van der Waals surface area contributed by atoms with E-state index in [2.05, 4.69) is 0 Å². The lowest BCUT2D eigenvalue weighted by Gasteiger charge is -2.12. The van der Waals surface area contributed by atoms with Gasteiger partial charge in [0.1, 0.15) is 11.6 Å². The van der Waals surface area contributed by atoms with E-state index in [0.29, 0.717) is 42.2 Å². The van der Waals surface area contributed by atoms with Crippen LogP contribution in [-0.4, -0.2) is 18.2 Å². The molecule has 4 rings (SSSR count). The minimum absolute atomic E-state index is 0.0259. The van der Waals surface area contributed by atoms with Crippen LogP contribution in [-0.2, 0) is 0 Å². The number of hydrogen-bond donors (Lipinski definition) is 0. The summed E-state index contributed by atoms with van der Waals surface area (Å²) in [7, 11) is 0. The van der Waals surface area contributed by atoms with Crippen molar-refractivity contribution in [2.45, 2.75) is 38.5 Å². The zero-order valence-electron chi connectivity index (χ0n) is 14.8. The molecule has 26 heavy (non-hydrogen) atoms. The van der Waals surface area contributed by atoms with E-state index in [1.54, 1.807) is 25.1 Å². The van der Waals surface area contributed by atoms with Crippen LogP contribution in [0.3, 0.4) is 0 Å². The van der Waals surface area contributed by atoms with Crippen LogP contribution < -0.4 is 4.74 Å². The molecule has 0 bridgehead atoms. The number of benzene rings is 2. The molecule has 2 aliphatic rings. The van der Waals surface area contributed by atoms with E-state index in [1.165, 1.54) is 12.1 Å². The van der Waals surface area contributed by atoms with Crippen molar-refractivity contribution in [3.05, 3.63) is 64.5 Å². The standard InChI is InChI=1S/C22H21FO3/c1-2-20(24)18-11-15(21(25)9-13-3-4-13)10-17-19(12-26-22(17)18)14-5-7-16(23)8-6-14/h5-8,10-11,13,19H,2-4,9,12H2,1H3/t19-/m0/s1. The van der Waals surface area contributed by atoms with Crippen molar-refractivity contribution in [1.82, 2.24) is 0 Å². The van der Waals surface area contributed by atoms with Gasteiger partial charge in [-0.05, 0) is 48.6 Å². The molecule has 0 spiro atoms. The summed E-state index contributed by atoms with van der Waals surface area (Å²) >= 11 is 0. The van der Waals surface area contributed by atoms with Gasteiger partial charge in [0.25, 0.3) is 0 Å². The average molecular weight is 352 g/mol. The number of carbonyl (C=O) groups excluding carboxylic acids is 2. The third kappa shape index (κ3) is 3.16. The summed E-state index contributed by atoms with van der Waals surface area (Å²) in [5, 5.41) is 0. The summed E-state index contributed by atoms with van der Waals surface area (Å²) in [6, 6.07) is 9.88. The van der Waals surface area contributed by atoms with E-state index in [9.17, 15) is 14.0 Å². The molecule has 1 atom stereocenters. The lowest BCUT2D eigenvalue weighted by Crippen LogP contribution is -2.07. The normalized spacial score (nSPS) is 18.3. The molecular formula is C22H21FO3. The SMILES string of the molecule is CCC(=O)c1cc(C(=O)CC2CC2)cc2c1OC[C@H]2c1ccc(F)cc1. The first kappa shape index (κ1) is 17.0. The van der Waals surface area contributed by atoms with E-state index in [0.717, 1.165) is 24.0 Å². The second kappa shape index (κ2) is 6.67. The zero-order chi connectivity index (χ0) is 18.3. The molecule has 1 heterocycles. The topological polar surface area (TPSA) is 43.4 Å². The first-order chi connectivity index (χ1) is 12.6. The van der Waals surface area contributed by atoms with Crippen molar-refractivity contribution in [2.24, 2.45) is 5.92 Å². The van der Waals surface area contributed by atoms with E-state index in [1.807, 2.05) is 6.07 Å². The van der Waals surface area contributed by atoms with Crippen LogP contribution in [0.2, 0.25) is 0 Å². The number of ether oxygens (including phenoxy) is 1. The highest BCUT2D eigenvalue weighted by molar-refractivity contribution is 6.04. The highest BCUT2D eigenvalue weighted by Crippen LogP contribution is 2.42. The molecule has 1 saturated carbocycles. The van der Waals surface area contributed by atoms with Gasteiger partial charge in [0, 0.05) is 29.9 Å². The van der Waals surface area contributed by atoms with Gasteiger partial charge in [0.2, 0.25) is 0 Å². The maximum atomic E-state index is 13.3. The summed E-state index contributed by atoms with van der Waals surface area (Å²) in [5.74, 6) is 0.748. The molecule has 1 aliphatic heterocycles. The minimum atomic E-state index is -0.289. The third-order valence-electron chi connectivity index (χ3n) is 5.27. The fourth-order valence-electron chi connectivity index (χ4n) is 3.56. The first-order valence-electron chi connectivity index (χ1n) is 9.19. The van der Waals surface area contributed by atoms with E-state index in [4.69, 9.17) is 4.74 Å². The second-order valence-electron chi connectivity index (χ2n) is 7.20. The quantitative estimate of drug-likeness (QED) is 0.693. The molecule has 2 aromatic rings. The average Bonchev–Trinajstić information content (AvgIpc) is 3.36. The van der Waals surface area contributed by atoms with Crippen LogP contribution in [0.25, 0.3) is 0 Å². The Kier molecular flexibility index (Phi) is 4.35. The first-order valence-corrected chi connectivity index (χ1v) is 9.19. The number of halogens is 1. The monoisotopic (exact) mass is 352 g/mol. The summed E-state index contributed by atoms with van der Waals surface area (Å²) in [5.41, 5.74) is 2.86. The van der Waals surface area contributed by atoms with Crippen LogP contribution in [0.15, 0.2) is 36.4 Å². The number of Topliss-reactive ketones (excluding diaryl/α,β-unsaturated/α-hetero) is 2. The van der Waals surface area contributed by atoms with Gasteiger partial charge in [-0.1, -0.05) is 19.1 Å². The maximum absolute atomic E-state index is 13.3. The van der Waals surface area contributed by atoms with E-state index in [-0.39, 0.29) is 23.3 Å². The van der Waals surface area contributed by atoms with Crippen LogP contribution in [0.4, 0.5) is 4.39 Å². The lowest BCUT2D eigenvalue weighted by molar-refractivity contribution is 0.0976. The Labute approximate surface area is 152 Å². The Morgan fingerprint density at radius 2 is 1.85 bits per heavy atom. The Morgan fingerprint density at radius 3 is 2.50 bits per heavy atom. The molecule has 0 N–H and O–H groups in total. The number of rotatable bonds is 6. The fourth-order valence-corrected chi connectivity index (χ4v) is 3.56. The van der Waals surface area contributed by atoms with E-state index >= 15 is 0 Å². The molecular weight excluding hydrogens is 331 g/mol. The van der Waals surface area contributed by atoms with Gasteiger partial charge in [-0.15, -0.1) is 0 Å². The Hall–Kier alpha value is -2.49. The zero-order valence-corrected chi connectivity index (χ0v) is 14.8. The summed E-state index contributed by atoms with van der Waals surface area (Å²) in [6.07, 6.45) is 3.12. The van der Waals surface area contributed by atoms with Gasteiger partial charge in [-0.25, -0.2) is 4.39 Å². The Morgan fingerprint density at radius 1 is 1.12 bits per heavy atom. The summed E-state index contributed by atoms with van der Waals surface area (Å²) < 4.78 is 19.1. The number of ketones is 2. The lowest BCUT2D eigenvalue weighted by atomic mass is 9.88. The molecule has 0 amide bonds. The molecule has 0 aromatic heterocycles. The molecule has 134 valence electrons. The molecule has 0 radical (unpaired) electrons.